The zero-order valence-corrected chi connectivity index (χ0v) is 10.1. The third-order valence-corrected chi connectivity index (χ3v) is 2.68. The second kappa shape index (κ2) is 4.92. The molecule has 7 heteroatoms. The summed E-state index contributed by atoms with van der Waals surface area (Å²) in [5.41, 5.74) is -0.302. The standard InChI is InChI=1S/C9H18NO.BF4/c1-8(2)6-5-7-9(3,4)10(8)11;2-1(3,4)5/h5-7H2,1-4H3;/q;-1. The van der Waals surface area contributed by atoms with Crippen LogP contribution in [0, 0.1) is 0 Å². The van der Waals surface area contributed by atoms with Crippen molar-refractivity contribution in [1.29, 1.82) is 0 Å². The highest BCUT2D eigenvalue weighted by Crippen LogP contribution is 2.36. The number of nitrogens with zero attached hydrogens (tertiary/aromatic N) is 1. The highest BCUT2D eigenvalue weighted by atomic mass is 19.5. The second-order valence-electron chi connectivity index (χ2n) is 5.27. The normalized spacial score (nSPS) is 24.6. The van der Waals surface area contributed by atoms with Gasteiger partial charge >= 0.3 is 7.25 Å². The maximum atomic E-state index is 11.7. The first-order valence-electron chi connectivity index (χ1n) is 5.21. The Hall–Kier alpha value is -0.295. The van der Waals surface area contributed by atoms with Gasteiger partial charge in [-0.25, -0.2) is 0 Å². The molecule has 0 aliphatic carbocycles. The minimum Gasteiger partial charge on any atom is -0.418 e. The topological polar surface area (TPSA) is 23.1 Å². The fraction of sp³-hybridized carbons (Fsp3) is 1.00. The molecule has 0 aromatic heterocycles. The summed E-state index contributed by atoms with van der Waals surface area (Å²) in [5, 5.41) is 13.0. The van der Waals surface area contributed by atoms with Crippen LogP contribution in [0.3, 0.4) is 0 Å². The van der Waals surface area contributed by atoms with Gasteiger partial charge in [-0.3, -0.25) is 0 Å². The van der Waals surface area contributed by atoms with Crippen molar-refractivity contribution in [2.75, 3.05) is 0 Å². The Bertz CT molecular complexity index is 208. The highest BCUT2D eigenvalue weighted by Gasteiger charge is 2.41. The Labute approximate surface area is 93.7 Å². The first kappa shape index (κ1) is 15.7. The number of piperidine rings is 1. The smallest absolute Gasteiger partial charge is 0.418 e. The average Bonchev–Trinajstić information content (AvgIpc) is 1.96. The summed E-state index contributed by atoms with van der Waals surface area (Å²) in [7, 11) is -6.00. The van der Waals surface area contributed by atoms with Crippen molar-refractivity contribution >= 4 is 7.25 Å². The van der Waals surface area contributed by atoms with E-state index in [2.05, 4.69) is 0 Å². The van der Waals surface area contributed by atoms with E-state index in [1.807, 2.05) is 27.7 Å². The molecule has 1 aliphatic heterocycles. The van der Waals surface area contributed by atoms with E-state index in [0.717, 1.165) is 12.8 Å². The van der Waals surface area contributed by atoms with Crippen LogP contribution in [0.25, 0.3) is 0 Å². The second-order valence-corrected chi connectivity index (χ2v) is 5.27. The third-order valence-electron chi connectivity index (χ3n) is 2.68. The van der Waals surface area contributed by atoms with Crippen LogP contribution in [-0.4, -0.2) is 23.4 Å². The summed E-state index contributed by atoms with van der Waals surface area (Å²) in [6, 6.07) is 0. The van der Waals surface area contributed by atoms with E-state index in [0.29, 0.717) is 0 Å². The van der Waals surface area contributed by atoms with E-state index in [1.54, 1.807) is 0 Å². The summed E-state index contributed by atoms with van der Waals surface area (Å²) in [4.78, 5) is 0. The van der Waals surface area contributed by atoms with Gasteiger partial charge in [0.05, 0.1) is 0 Å². The van der Waals surface area contributed by atoms with Crippen LogP contribution in [0.5, 0.6) is 0 Å². The molecular weight excluding hydrogens is 225 g/mol. The fourth-order valence-electron chi connectivity index (χ4n) is 1.98. The summed E-state index contributed by atoms with van der Waals surface area (Å²) >= 11 is 0. The summed E-state index contributed by atoms with van der Waals surface area (Å²) in [6.45, 7) is 8.11. The summed E-state index contributed by atoms with van der Waals surface area (Å²) in [5.74, 6) is 0. The van der Waals surface area contributed by atoms with Crippen LogP contribution < -0.4 is 0 Å². The van der Waals surface area contributed by atoms with Gasteiger partial charge in [-0.2, -0.15) is 0 Å². The van der Waals surface area contributed by atoms with Crippen LogP contribution in [-0.2, 0) is 5.21 Å². The molecule has 0 unspecified atom stereocenters. The molecule has 0 aromatic carbocycles. The van der Waals surface area contributed by atoms with Gasteiger partial charge in [-0.1, -0.05) is 0 Å². The van der Waals surface area contributed by atoms with E-state index < -0.39 is 7.25 Å². The number of halogens is 4. The van der Waals surface area contributed by atoms with E-state index in [9.17, 15) is 22.5 Å². The molecule has 1 aliphatic rings. The van der Waals surface area contributed by atoms with Gasteiger partial charge in [0.1, 0.15) is 0 Å². The molecule has 1 heterocycles. The molecule has 0 N–H and O–H groups in total. The maximum Gasteiger partial charge on any atom is 0.673 e. The summed E-state index contributed by atoms with van der Waals surface area (Å²) in [6.07, 6.45) is 3.23. The Morgan fingerprint density at radius 3 is 1.38 bits per heavy atom. The summed E-state index contributed by atoms with van der Waals surface area (Å²) < 4.78 is 39.0. The fourth-order valence-corrected chi connectivity index (χ4v) is 1.98. The maximum absolute atomic E-state index is 11.7. The minimum absolute atomic E-state index is 0.151. The van der Waals surface area contributed by atoms with Crippen LogP contribution in [0.2, 0.25) is 0 Å². The van der Waals surface area contributed by atoms with Crippen molar-refractivity contribution in [3.63, 3.8) is 0 Å². The Kier molecular flexibility index (Phi) is 4.82. The largest absolute Gasteiger partial charge is 0.673 e. The lowest BCUT2D eigenvalue weighted by atomic mass is 9.82. The Morgan fingerprint density at radius 2 is 1.19 bits per heavy atom. The zero-order valence-electron chi connectivity index (χ0n) is 10.1. The molecule has 0 aromatic rings. The van der Waals surface area contributed by atoms with Gasteiger partial charge in [0.25, 0.3) is 0 Å². The van der Waals surface area contributed by atoms with Gasteiger partial charge in [0, 0.05) is 11.1 Å². The first-order valence-corrected chi connectivity index (χ1v) is 5.21. The SMILES string of the molecule is CC1(C)CCCC(C)(C)N1[O].F[B-](F)(F)F. The molecule has 2 nitrogen and oxygen atoms in total. The molecule has 97 valence electrons. The van der Waals surface area contributed by atoms with Gasteiger partial charge in [-0.05, 0) is 47.0 Å². The number of hydrogen-bond acceptors (Lipinski definition) is 1. The number of hydroxylamine groups is 2. The van der Waals surface area contributed by atoms with Crippen molar-refractivity contribution in [2.24, 2.45) is 0 Å². The van der Waals surface area contributed by atoms with Crippen molar-refractivity contribution in [2.45, 2.75) is 58.0 Å². The lowest BCUT2D eigenvalue weighted by molar-refractivity contribution is -0.286. The van der Waals surface area contributed by atoms with Gasteiger partial charge in [-0.15, -0.1) is 10.3 Å². The van der Waals surface area contributed by atoms with Gasteiger partial charge < -0.3 is 17.3 Å². The minimum atomic E-state index is -6.00. The van der Waals surface area contributed by atoms with E-state index >= 15 is 0 Å². The van der Waals surface area contributed by atoms with Crippen molar-refractivity contribution < 1.29 is 22.5 Å². The van der Waals surface area contributed by atoms with Crippen molar-refractivity contribution in [3.05, 3.63) is 0 Å². The quantitative estimate of drug-likeness (QED) is 0.470. The average molecular weight is 243 g/mol. The lowest BCUT2D eigenvalue weighted by Gasteiger charge is -2.46. The molecule has 1 saturated heterocycles. The number of hydrogen-bond donors (Lipinski definition) is 0. The molecule has 0 spiro atoms. The van der Waals surface area contributed by atoms with Crippen LogP contribution in [0.15, 0.2) is 0 Å². The zero-order chi connectivity index (χ0) is 13.2. The molecule has 0 bridgehead atoms. The van der Waals surface area contributed by atoms with Gasteiger partial charge in [0.15, 0.2) is 0 Å². The molecule has 1 radical (unpaired) electrons. The van der Waals surface area contributed by atoms with Gasteiger partial charge in [0.2, 0.25) is 0 Å². The van der Waals surface area contributed by atoms with E-state index in [1.165, 1.54) is 11.5 Å². The molecule has 0 amide bonds. The van der Waals surface area contributed by atoms with Crippen LogP contribution >= 0.6 is 0 Å². The predicted molar refractivity (Wildman–Crippen MR) is 54.7 cm³/mol. The monoisotopic (exact) mass is 243 g/mol. The van der Waals surface area contributed by atoms with Crippen molar-refractivity contribution in [1.82, 2.24) is 5.06 Å². The Balaban J connectivity index is 0.000000385. The molecule has 0 saturated carbocycles. The third kappa shape index (κ3) is 5.70. The lowest BCUT2D eigenvalue weighted by Crippen LogP contribution is -2.55. The van der Waals surface area contributed by atoms with Crippen LogP contribution in [0.4, 0.5) is 17.3 Å². The molecule has 1 fully saturated rings. The number of rotatable bonds is 0. The molecule has 16 heavy (non-hydrogen) atoms. The Morgan fingerprint density at radius 1 is 0.938 bits per heavy atom. The highest BCUT2D eigenvalue weighted by molar-refractivity contribution is 6.50. The predicted octanol–water partition coefficient (Wildman–Crippen LogP) is 3.68. The van der Waals surface area contributed by atoms with Crippen LogP contribution in [0.1, 0.15) is 47.0 Å². The van der Waals surface area contributed by atoms with E-state index in [-0.39, 0.29) is 11.1 Å². The molecule has 1 rings (SSSR count). The first-order chi connectivity index (χ1) is 6.86. The van der Waals surface area contributed by atoms with E-state index in [4.69, 9.17) is 0 Å². The van der Waals surface area contributed by atoms with Crippen molar-refractivity contribution in [3.8, 4) is 0 Å². The molecular formula is C9H18BF4NO-. The molecule has 0 atom stereocenters.